The van der Waals surface area contributed by atoms with Crippen LogP contribution in [0.15, 0.2) is 63.5 Å². The zero-order valence-corrected chi connectivity index (χ0v) is 12.1. The van der Waals surface area contributed by atoms with E-state index < -0.39 is 23.9 Å². The second-order valence-electron chi connectivity index (χ2n) is 4.56. The number of rotatable bonds is 4. The summed E-state index contributed by atoms with van der Waals surface area (Å²) in [6.45, 7) is -1.83. The lowest BCUT2D eigenvalue weighted by Crippen LogP contribution is -2.15. The van der Waals surface area contributed by atoms with Crippen molar-refractivity contribution in [2.24, 2.45) is 10.2 Å². The fourth-order valence-corrected chi connectivity index (χ4v) is 1.85. The Labute approximate surface area is 130 Å². The molecule has 0 spiro atoms. The summed E-state index contributed by atoms with van der Waals surface area (Å²) in [6, 6.07) is 2.95. The van der Waals surface area contributed by atoms with E-state index in [0.717, 1.165) is 18.2 Å². The first-order valence-electron chi connectivity index (χ1n) is 6.34. The van der Waals surface area contributed by atoms with E-state index in [1.807, 2.05) is 0 Å². The molecule has 0 heterocycles. The molecule has 1 N–H and O–H groups in total. The highest BCUT2D eigenvalue weighted by Crippen LogP contribution is 2.35. The van der Waals surface area contributed by atoms with Gasteiger partial charge in [-0.25, -0.2) is 4.39 Å². The molecule has 0 saturated carbocycles. The molecule has 7 heteroatoms. The molecule has 0 aromatic heterocycles. The number of benzene rings is 1. The number of allylic oxidation sites excluding steroid dienone is 5. The molecule has 2 rings (SSSR count). The van der Waals surface area contributed by atoms with Gasteiger partial charge in [0.2, 0.25) is 0 Å². The van der Waals surface area contributed by atoms with E-state index >= 15 is 0 Å². The molecule has 116 valence electrons. The maximum Gasteiger partial charge on any atom is 0.301 e. The smallest absolute Gasteiger partial charge is 0.301 e. The average molecular weight is 329 g/mol. The van der Waals surface area contributed by atoms with Crippen molar-refractivity contribution in [2.45, 2.75) is 12.3 Å². The zero-order chi connectivity index (χ0) is 16.2. The first-order chi connectivity index (χ1) is 10.4. The van der Waals surface area contributed by atoms with E-state index in [0.29, 0.717) is 17.2 Å². The van der Waals surface area contributed by atoms with Gasteiger partial charge in [-0.1, -0.05) is 23.7 Å². The van der Waals surface area contributed by atoms with Gasteiger partial charge < -0.3 is 5.11 Å². The molecule has 1 aromatic rings. The molecule has 1 aromatic carbocycles. The van der Waals surface area contributed by atoms with Crippen molar-refractivity contribution < 1.29 is 18.3 Å². The minimum Gasteiger partial charge on any atom is -0.506 e. The van der Waals surface area contributed by atoms with Gasteiger partial charge in [-0.3, -0.25) is 0 Å². The Bertz CT molecular complexity index is 681. The number of hydrogen-bond acceptors (Lipinski definition) is 3. The van der Waals surface area contributed by atoms with Crippen molar-refractivity contribution >= 4 is 17.3 Å². The fraction of sp³-hybridized carbons (Fsp3) is 0.200. The second kappa shape index (κ2) is 6.79. The summed E-state index contributed by atoms with van der Waals surface area (Å²) < 4.78 is 38.6. The van der Waals surface area contributed by atoms with Crippen LogP contribution in [-0.2, 0) is 5.92 Å². The Morgan fingerprint density at radius 3 is 2.68 bits per heavy atom. The average Bonchev–Trinajstić information content (AvgIpc) is 2.70. The van der Waals surface area contributed by atoms with E-state index in [2.05, 4.69) is 10.2 Å². The highest BCUT2D eigenvalue weighted by Gasteiger charge is 2.32. The van der Waals surface area contributed by atoms with Crippen LogP contribution in [0.3, 0.4) is 0 Å². The highest BCUT2D eigenvalue weighted by atomic mass is 35.5. The van der Waals surface area contributed by atoms with Gasteiger partial charge >= 0.3 is 5.92 Å². The van der Waals surface area contributed by atoms with Gasteiger partial charge in [0.15, 0.2) is 6.67 Å². The summed E-state index contributed by atoms with van der Waals surface area (Å²) in [5.41, 5.74) is -0.00939. The highest BCUT2D eigenvalue weighted by molar-refractivity contribution is 6.31. The number of halogens is 4. The van der Waals surface area contributed by atoms with Crippen molar-refractivity contribution in [3.8, 4) is 5.75 Å². The molecule has 0 bridgehead atoms. The maximum atomic E-state index is 13.2. The Morgan fingerprint density at radius 1 is 1.23 bits per heavy atom. The van der Waals surface area contributed by atoms with Crippen LogP contribution < -0.4 is 0 Å². The summed E-state index contributed by atoms with van der Waals surface area (Å²) in [5.74, 6) is -4.13. The molecule has 0 atom stereocenters. The maximum absolute atomic E-state index is 13.2. The summed E-state index contributed by atoms with van der Waals surface area (Å²) in [4.78, 5) is 0. The first kappa shape index (κ1) is 16.3. The Balaban J connectivity index is 2.21. The van der Waals surface area contributed by atoms with Crippen LogP contribution in [0.2, 0.25) is 0 Å². The lowest BCUT2D eigenvalue weighted by atomic mass is 10.1. The summed E-state index contributed by atoms with van der Waals surface area (Å²) in [6.07, 6.45) is 7.31. The monoisotopic (exact) mass is 328 g/mol. The van der Waals surface area contributed by atoms with E-state index in [1.54, 1.807) is 24.3 Å². The number of phenols is 1. The standard InChI is InChI=1S/C15H12ClF3N2O/c16-11-2-1-3-12(6-5-11)20-21-13-7-4-10(8-14(13)22)15(18,19)9-17/h1-2,4-8,22H,3,9H2. The number of aromatic hydroxyl groups is 1. The molecule has 0 unspecified atom stereocenters. The third-order valence-electron chi connectivity index (χ3n) is 2.89. The molecule has 22 heavy (non-hydrogen) atoms. The van der Waals surface area contributed by atoms with Gasteiger partial charge in [0.05, 0.1) is 5.70 Å². The van der Waals surface area contributed by atoms with Crippen LogP contribution in [0.1, 0.15) is 12.0 Å². The van der Waals surface area contributed by atoms with Gasteiger partial charge in [-0.2, -0.15) is 13.9 Å². The third-order valence-corrected chi connectivity index (χ3v) is 3.14. The minimum absolute atomic E-state index is 0.0163. The Hall–Kier alpha value is -2.08. The fourth-order valence-electron chi connectivity index (χ4n) is 1.70. The van der Waals surface area contributed by atoms with Gasteiger partial charge in [-0.15, -0.1) is 5.11 Å². The molecule has 0 saturated heterocycles. The van der Waals surface area contributed by atoms with Crippen LogP contribution in [-0.4, -0.2) is 11.8 Å². The first-order valence-corrected chi connectivity index (χ1v) is 6.72. The van der Waals surface area contributed by atoms with E-state index in [4.69, 9.17) is 11.6 Å². The summed E-state index contributed by atoms with van der Waals surface area (Å²) >= 11 is 5.82. The number of nitrogens with zero attached hydrogens (tertiary/aromatic N) is 2. The molecule has 3 nitrogen and oxygen atoms in total. The van der Waals surface area contributed by atoms with Crippen molar-refractivity contribution in [3.05, 3.63) is 58.8 Å². The molecular weight excluding hydrogens is 317 g/mol. The topological polar surface area (TPSA) is 45.0 Å². The SMILES string of the molecule is Oc1cc(C(F)(F)CF)ccc1N=NC1=CC=C(Cl)C=CC1. The number of hydrogen-bond donors (Lipinski definition) is 1. The number of phenolic OH excluding ortho intramolecular Hbond substituents is 1. The molecule has 1 aliphatic carbocycles. The van der Waals surface area contributed by atoms with Crippen LogP contribution in [0.4, 0.5) is 18.9 Å². The lowest BCUT2D eigenvalue weighted by molar-refractivity contribution is -0.0282. The Morgan fingerprint density at radius 2 is 2.00 bits per heavy atom. The molecule has 1 aliphatic rings. The molecule has 0 fully saturated rings. The number of alkyl halides is 3. The van der Waals surface area contributed by atoms with E-state index in [9.17, 15) is 18.3 Å². The van der Waals surface area contributed by atoms with Crippen molar-refractivity contribution in [2.75, 3.05) is 6.67 Å². The molecule has 0 radical (unpaired) electrons. The van der Waals surface area contributed by atoms with Gasteiger partial charge in [0.25, 0.3) is 0 Å². The van der Waals surface area contributed by atoms with Crippen LogP contribution in [0, 0.1) is 0 Å². The summed E-state index contributed by atoms with van der Waals surface area (Å²) in [7, 11) is 0. The van der Waals surface area contributed by atoms with Crippen molar-refractivity contribution in [1.82, 2.24) is 0 Å². The minimum atomic E-state index is -3.64. The van der Waals surface area contributed by atoms with E-state index in [1.165, 1.54) is 0 Å². The van der Waals surface area contributed by atoms with Crippen LogP contribution in [0.5, 0.6) is 5.75 Å². The quantitative estimate of drug-likeness (QED) is 0.728. The van der Waals surface area contributed by atoms with Crippen molar-refractivity contribution in [1.29, 1.82) is 0 Å². The molecule has 0 amide bonds. The van der Waals surface area contributed by atoms with Gasteiger partial charge in [-0.05, 0) is 30.4 Å². The van der Waals surface area contributed by atoms with Crippen molar-refractivity contribution in [3.63, 3.8) is 0 Å². The predicted molar refractivity (Wildman–Crippen MR) is 78.3 cm³/mol. The molecule has 0 aliphatic heterocycles. The normalized spacial score (nSPS) is 15.6. The molecular formula is C15H12ClF3N2O. The van der Waals surface area contributed by atoms with Gasteiger partial charge in [0.1, 0.15) is 11.4 Å². The van der Waals surface area contributed by atoms with Crippen LogP contribution in [0.25, 0.3) is 0 Å². The lowest BCUT2D eigenvalue weighted by Gasteiger charge is -2.12. The Kier molecular flexibility index (Phi) is 5.03. The van der Waals surface area contributed by atoms with Gasteiger partial charge in [0, 0.05) is 17.0 Å². The predicted octanol–water partition coefficient (Wildman–Crippen LogP) is 5.50. The summed E-state index contributed by atoms with van der Waals surface area (Å²) in [5, 5.41) is 18.0. The largest absolute Gasteiger partial charge is 0.506 e. The van der Waals surface area contributed by atoms with Crippen LogP contribution >= 0.6 is 11.6 Å². The third kappa shape index (κ3) is 3.98. The number of azo groups is 1. The van der Waals surface area contributed by atoms with E-state index in [-0.39, 0.29) is 5.69 Å². The zero-order valence-electron chi connectivity index (χ0n) is 11.3. The second-order valence-corrected chi connectivity index (χ2v) is 4.99.